The molecule has 1 rings (SSSR count). The Labute approximate surface area is 134 Å². The zero-order valence-corrected chi connectivity index (χ0v) is 13.9. The summed E-state index contributed by atoms with van der Waals surface area (Å²) >= 11 is 0. The van der Waals surface area contributed by atoms with E-state index in [-0.39, 0.29) is 17.0 Å². The Morgan fingerprint density at radius 2 is 1.65 bits per heavy atom. The van der Waals surface area contributed by atoms with Crippen LogP contribution in [0.3, 0.4) is 0 Å². The second kappa shape index (κ2) is 10.3. The molecule has 0 heterocycles. The average molecular weight is 332 g/mol. The van der Waals surface area contributed by atoms with Gasteiger partial charge in [0.05, 0.1) is 13.1 Å². The average Bonchev–Trinajstić information content (AvgIpc) is 2.47. The molecule has 0 aliphatic rings. The molecule has 0 aliphatic carbocycles. The van der Waals surface area contributed by atoms with E-state index in [9.17, 15) is 0 Å². The molecule has 0 unspecified atom stereocenters. The number of hydrogen-bond acceptors (Lipinski definition) is 0. The Balaban J connectivity index is 0.00000361. The maximum Gasteiger partial charge on any atom is 0.142 e. The fourth-order valence-electron chi connectivity index (χ4n) is 1.84. The number of benzene rings is 1. The van der Waals surface area contributed by atoms with E-state index in [0.29, 0.717) is 0 Å². The van der Waals surface area contributed by atoms with Gasteiger partial charge in [0, 0.05) is 5.56 Å². The Bertz CT molecular complexity index is 507. The maximum absolute atomic E-state index is 3.63. The van der Waals surface area contributed by atoms with Gasteiger partial charge in [0.1, 0.15) is 13.1 Å². The normalized spacial score (nSPS) is 9.30. The van der Waals surface area contributed by atoms with Crippen molar-refractivity contribution >= 4 is 0 Å². The number of allylic oxidation sites excluding steroid dienone is 1. The van der Waals surface area contributed by atoms with Gasteiger partial charge in [0.2, 0.25) is 0 Å². The van der Waals surface area contributed by atoms with E-state index >= 15 is 0 Å². The topological polar surface area (TPSA) is 0 Å². The van der Waals surface area contributed by atoms with Crippen LogP contribution >= 0.6 is 0 Å². The van der Waals surface area contributed by atoms with Crippen molar-refractivity contribution in [3.63, 3.8) is 0 Å². The van der Waals surface area contributed by atoms with Crippen molar-refractivity contribution in [2.75, 3.05) is 26.2 Å². The van der Waals surface area contributed by atoms with Gasteiger partial charge in [-0.05, 0) is 43.9 Å². The van der Waals surface area contributed by atoms with Crippen molar-refractivity contribution in [2.24, 2.45) is 0 Å². The summed E-state index contributed by atoms with van der Waals surface area (Å²) < 4.78 is 0.917. The third kappa shape index (κ3) is 6.11. The largest absolute Gasteiger partial charge is 1.00 e. The summed E-state index contributed by atoms with van der Waals surface area (Å²) in [6, 6.07) is 10.1. The van der Waals surface area contributed by atoms with E-state index in [2.05, 4.69) is 44.1 Å². The first-order valence-corrected chi connectivity index (χ1v) is 6.74. The molecule has 1 aromatic rings. The highest BCUT2D eigenvalue weighted by Crippen LogP contribution is 2.04. The summed E-state index contributed by atoms with van der Waals surface area (Å²) in [6.07, 6.45) is 1.65. The standard InChI is InChI=1S/C18H22N.BrH/c1-4-7-11-16-19(5-2,6-3)17-12-15-18-13-9-8-10-14-18;/h4,8-10,13-14H,1,5-6,16-17H2,2-3H3;1H/q+1;/p-1. The predicted octanol–water partition coefficient (Wildman–Crippen LogP) is 0.0881. The van der Waals surface area contributed by atoms with Crippen LogP contribution in [0.25, 0.3) is 0 Å². The molecular formula is C18H22BrN. The second-order valence-electron chi connectivity index (χ2n) is 4.48. The zero-order chi connectivity index (χ0) is 14.0. The number of halogens is 1. The highest BCUT2D eigenvalue weighted by Gasteiger charge is 2.20. The van der Waals surface area contributed by atoms with Crippen molar-refractivity contribution in [2.45, 2.75) is 13.8 Å². The molecule has 1 aromatic carbocycles. The third-order valence-corrected chi connectivity index (χ3v) is 3.38. The minimum atomic E-state index is 0. The smallest absolute Gasteiger partial charge is 0.142 e. The van der Waals surface area contributed by atoms with Crippen molar-refractivity contribution < 1.29 is 21.5 Å². The summed E-state index contributed by atoms with van der Waals surface area (Å²) in [4.78, 5) is 0. The second-order valence-corrected chi connectivity index (χ2v) is 4.48. The molecule has 0 N–H and O–H groups in total. The molecule has 0 amide bonds. The van der Waals surface area contributed by atoms with Gasteiger partial charge >= 0.3 is 0 Å². The number of quaternary nitrogens is 1. The van der Waals surface area contributed by atoms with Crippen LogP contribution in [0.15, 0.2) is 43.0 Å². The van der Waals surface area contributed by atoms with Crippen LogP contribution in [-0.4, -0.2) is 30.7 Å². The van der Waals surface area contributed by atoms with E-state index in [0.717, 1.165) is 36.2 Å². The molecular weight excluding hydrogens is 310 g/mol. The zero-order valence-electron chi connectivity index (χ0n) is 12.3. The lowest BCUT2D eigenvalue weighted by molar-refractivity contribution is -0.911. The van der Waals surface area contributed by atoms with Crippen LogP contribution in [-0.2, 0) is 0 Å². The lowest BCUT2D eigenvalue weighted by atomic mass is 10.2. The minimum Gasteiger partial charge on any atom is -1.00 e. The highest BCUT2D eigenvalue weighted by atomic mass is 79.9. The van der Waals surface area contributed by atoms with Crippen LogP contribution < -0.4 is 17.0 Å². The quantitative estimate of drug-likeness (QED) is 0.542. The Morgan fingerprint density at radius 3 is 2.20 bits per heavy atom. The minimum absolute atomic E-state index is 0. The Morgan fingerprint density at radius 1 is 1.05 bits per heavy atom. The molecule has 106 valence electrons. The predicted molar refractivity (Wildman–Crippen MR) is 82.4 cm³/mol. The highest BCUT2D eigenvalue weighted by molar-refractivity contribution is 5.33. The SMILES string of the molecule is C=CC#CC[N+](CC)(CC)CC#Cc1ccccc1.[Br-]. The van der Waals surface area contributed by atoms with Crippen LogP contribution in [0.5, 0.6) is 0 Å². The molecule has 0 bridgehead atoms. The molecule has 0 radical (unpaired) electrons. The summed E-state index contributed by atoms with van der Waals surface area (Å²) in [6.45, 7) is 11.8. The molecule has 20 heavy (non-hydrogen) atoms. The maximum atomic E-state index is 3.63. The number of nitrogens with zero attached hydrogens (tertiary/aromatic N) is 1. The van der Waals surface area contributed by atoms with Gasteiger partial charge in [-0.25, -0.2) is 0 Å². The fourth-order valence-corrected chi connectivity index (χ4v) is 1.84. The van der Waals surface area contributed by atoms with Crippen molar-refractivity contribution in [3.05, 3.63) is 48.6 Å². The monoisotopic (exact) mass is 331 g/mol. The molecule has 0 aliphatic heterocycles. The van der Waals surface area contributed by atoms with Gasteiger partial charge in [0.15, 0.2) is 0 Å². The Kier molecular flexibility index (Phi) is 9.56. The van der Waals surface area contributed by atoms with Crippen LogP contribution in [0.2, 0.25) is 0 Å². The van der Waals surface area contributed by atoms with Crippen LogP contribution in [0, 0.1) is 23.7 Å². The summed E-state index contributed by atoms with van der Waals surface area (Å²) in [5.74, 6) is 12.6. The van der Waals surface area contributed by atoms with E-state index in [1.807, 2.05) is 30.3 Å². The van der Waals surface area contributed by atoms with E-state index in [4.69, 9.17) is 0 Å². The molecule has 0 saturated carbocycles. The van der Waals surface area contributed by atoms with Crippen LogP contribution in [0.4, 0.5) is 0 Å². The van der Waals surface area contributed by atoms with E-state index in [1.54, 1.807) is 6.08 Å². The van der Waals surface area contributed by atoms with Gasteiger partial charge < -0.3 is 21.5 Å². The first-order chi connectivity index (χ1) is 9.26. The molecule has 0 spiro atoms. The lowest BCUT2D eigenvalue weighted by Crippen LogP contribution is -3.00. The third-order valence-electron chi connectivity index (χ3n) is 3.38. The molecule has 0 atom stereocenters. The van der Waals surface area contributed by atoms with Crippen LogP contribution in [0.1, 0.15) is 19.4 Å². The van der Waals surface area contributed by atoms with Crippen molar-refractivity contribution in [1.29, 1.82) is 0 Å². The molecule has 1 nitrogen and oxygen atoms in total. The molecule has 0 saturated heterocycles. The van der Waals surface area contributed by atoms with Gasteiger partial charge in [-0.15, -0.1) is 0 Å². The van der Waals surface area contributed by atoms with Crippen molar-refractivity contribution in [3.8, 4) is 23.7 Å². The summed E-state index contributed by atoms with van der Waals surface area (Å²) in [5.41, 5.74) is 1.07. The van der Waals surface area contributed by atoms with Gasteiger partial charge in [0.25, 0.3) is 0 Å². The summed E-state index contributed by atoms with van der Waals surface area (Å²) in [7, 11) is 0. The van der Waals surface area contributed by atoms with E-state index < -0.39 is 0 Å². The molecule has 2 heteroatoms. The van der Waals surface area contributed by atoms with Crippen molar-refractivity contribution in [1.82, 2.24) is 0 Å². The fraction of sp³-hybridized carbons (Fsp3) is 0.333. The first kappa shape index (κ1) is 18.5. The number of hydrogen-bond donors (Lipinski definition) is 0. The summed E-state index contributed by atoms with van der Waals surface area (Å²) in [5, 5.41) is 0. The molecule has 0 fully saturated rings. The Hall–Kier alpha value is -1.48. The number of rotatable bonds is 4. The molecule has 0 aromatic heterocycles. The van der Waals surface area contributed by atoms with Gasteiger partial charge in [-0.2, -0.15) is 0 Å². The van der Waals surface area contributed by atoms with Gasteiger partial charge in [-0.1, -0.05) is 36.6 Å². The lowest BCUT2D eigenvalue weighted by Gasteiger charge is -2.32. The van der Waals surface area contributed by atoms with Gasteiger partial charge in [-0.3, -0.25) is 0 Å². The first-order valence-electron chi connectivity index (χ1n) is 6.74. The van der Waals surface area contributed by atoms with E-state index in [1.165, 1.54) is 0 Å².